The summed E-state index contributed by atoms with van der Waals surface area (Å²) in [5.74, 6) is 1.56. The van der Waals surface area contributed by atoms with Gasteiger partial charge in [-0.25, -0.2) is 0 Å². The van der Waals surface area contributed by atoms with Crippen LogP contribution in [-0.2, 0) is 6.42 Å². The molecule has 0 saturated heterocycles. The number of hydrogen-bond donors (Lipinski definition) is 0. The lowest BCUT2D eigenvalue weighted by Gasteiger charge is -2.13. The quantitative estimate of drug-likeness (QED) is 0.250. The second-order valence-corrected chi connectivity index (χ2v) is 7.06. The number of benzene rings is 2. The molecule has 0 aliphatic heterocycles. The Labute approximate surface area is 153 Å². The zero-order valence-corrected chi connectivity index (χ0v) is 15.7. The Morgan fingerprint density at radius 1 is 0.957 bits per heavy atom. The van der Waals surface area contributed by atoms with Crippen LogP contribution in [-0.4, -0.2) is 6.61 Å². The molecule has 0 aliphatic rings. The summed E-state index contributed by atoms with van der Waals surface area (Å²) >= 11 is 2.31. The van der Waals surface area contributed by atoms with Gasteiger partial charge in [-0.05, 0) is 90.4 Å². The summed E-state index contributed by atoms with van der Waals surface area (Å²) in [5, 5.41) is 0. The highest BCUT2D eigenvalue weighted by Gasteiger charge is 2.05. The predicted octanol–water partition coefficient (Wildman–Crippen LogP) is 6.28. The van der Waals surface area contributed by atoms with Gasteiger partial charge in [0.15, 0.2) is 0 Å². The van der Waals surface area contributed by atoms with E-state index in [0.717, 1.165) is 31.6 Å². The van der Waals surface area contributed by atoms with Gasteiger partial charge in [0.2, 0.25) is 0 Å². The van der Waals surface area contributed by atoms with E-state index in [1.54, 1.807) is 0 Å². The third-order valence-electron chi connectivity index (χ3n) is 4.02. The first-order valence-corrected chi connectivity index (χ1v) is 9.40. The van der Waals surface area contributed by atoms with Gasteiger partial charge < -0.3 is 4.74 Å². The minimum Gasteiger partial charge on any atom is -0.494 e. The van der Waals surface area contributed by atoms with Crippen molar-refractivity contribution in [2.75, 3.05) is 6.61 Å². The number of allylic oxidation sites excluding steroid dienone is 1. The molecule has 0 aromatic heterocycles. The average Bonchev–Trinajstić information content (AvgIpc) is 2.59. The molecule has 2 rings (SSSR count). The van der Waals surface area contributed by atoms with Gasteiger partial charge >= 0.3 is 0 Å². The van der Waals surface area contributed by atoms with Gasteiger partial charge in [-0.15, -0.1) is 6.58 Å². The monoisotopic (exact) mass is 420 g/mol. The molecule has 2 aromatic carbocycles. The van der Waals surface area contributed by atoms with Crippen molar-refractivity contribution < 1.29 is 4.74 Å². The zero-order valence-electron chi connectivity index (χ0n) is 13.6. The van der Waals surface area contributed by atoms with Crippen molar-refractivity contribution in [3.63, 3.8) is 0 Å². The van der Waals surface area contributed by atoms with Crippen LogP contribution in [0.3, 0.4) is 0 Å². The molecule has 1 unspecified atom stereocenters. The van der Waals surface area contributed by atoms with E-state index in [-0.39, 0.29) is 0 Å². The fraction of sp³-hybridized carbons (Fsp3) is 0.333. The number of halogens is 1. The average molecular weight is 420 g/mol. The third kappa shape index (κ3) is 7.21. The molecule has 1 atom stereocenters. The number of ether oxygens (including phenoxy) is 1. The molecule has 0 radical (unpaired) electrons. The van der Waals surface area contributed by atoms with E-state index in [9.17, 15) is 0 Å². The van der Waals surface area contributed by atoms with Crippen molar-refractivity contribution in [3.05, 3.63) is 76.4 Å². The smallest absolute Gasteiger partial charge is 0.119 e. The molecule has 0 aliphatic carbocycles. The van der Waals surface area contributed by atoms with Crippen molar-refractivity contribution >= 4 is 22.6 Å². The third-order valence-corrected chi connectivity index (χ3v) is 4.74. The van der Waals surface area contributed by atoms with E-state index in [4.69, 9.17) is 4.74 Å². The molecule has 2 heteroatoms. The Morgan fingerprint density at radius 2 is 1.65 bits per heavy atom. The number of aryl methyl sites for hydroxylation is 1. The van der Waals surface area contributed by atoms with Crippen LogP contribution in [0, 0.1) is 9.49 Å². The lowest BCUT2D eigenvalue weighted by atomic mass is 9.95. The van der Waals surface area contributed by atoms with Crippen LogP contribution < -0.4 is 4.74 Å². The van der Waals surface area contributed by atoms with E-state index in [1.807, 2.05) is 12.1 Å². The van der Waals surface area contributed by atoms with E-state index < -0.39 is 0 Å². The van der Waals surface area contributed by atoms with Crippen molar-refractivity contribution in [3.8, 4) is 5.75 Å². The molecular formula is C21H25IO. The van der Waals surface area contributed by atoms with Crippen LogP contribution in [0.2, 0.25) is 0 Å². The molecule has 0 spiro atoms. The molecule has 0 saturated carbocycles. The van der Waals surface area contributed by atoms with E-state index in [1.165, 1.54) is 22.0 Å². The van der Waals surface area contributed by atoms with Gasteiger partial charge in [-0.1, -0.05) is 36.4 Å². The normalized spacial score (nSPS) is 11.9. The summed E-state index contributed by atoms with van der Waals surface area (Å²) in [6, 6.07) is 18.9. The fourth-order valence-electron chi connectivity index (χ4n) is 2.66. The fourth-order valence-corrected chi connectivity index (χ4v) is 3.02. The van der Waals surface area contributed by atoms with Gasteiger partial charge in [0.1, 0.15) is 5.75 Å². The summed E-state index contributed by atoms with van der Waals surface area (Å²) in [6.45, 7) is 4.77. The molecule has 23 heavy (non-hydrogen) atoms. The Bertz CT molecular complexity index is 562. The first kappa shape index (κ1) is 18.1. The first-order chi connectivity index (χ1) is 11.3. The van der Waals surface area contributed by atoms with Crippen LogP contribution in [0.5, 0.6) is 5.75 Å². The van der Waals surface area contributed by atoms with Gasteiger partial charge in [-0.2, -0.15) is 0 Å². The SMILES string of the molecule is C=CC(CCCOc1ccc(I)cc1)CCCc1ccccc1. The molecule has 0 amide bonds. The maximum absolute atomic E-state index is 5.79. The molecule has 0 N–H and O–H groups in total. The topological polar surface area (TPSA) is 9.23 Å². The second-order valence-electron chi connectivity index (χ2n) is 5.82. The lowest BCUT2D eigenvalue weighted by molar-refractivity contribution is 0.296. The van der Waals surface area contributed by atoms with Gasteiger partial charge in [0.05, 0.1) is 6.61 Å². The van der Waals surface area contributed by atoms with Crippen molar-refractivity contribution in [2.24, 2.45) is 5.92 Å². The van der Waals surface area contributed by atoms with Gasteiger partial charge in [0.25, 0.3) is 0 Å². The summed E-state index contributed by atoms with van der Waals surface area (Å²) in [5.41, 5.74) is 1.43. The Hall–Kier alpha value is -1.29. The Kier molecular flexibility index (Phi) is 8.23. The minimum atomic E-state index is 0.596. The Balaban J connectivity index is 1.61. The highest BCUT2D eigenvalue weighted by atomic mass is 127. The van der Waals surface area contributed by atoms with Crippen molar-refractivity contribution in [1.82, 2.24) is 0 Å². The molecular weight excluding hydrogens is 395 g/mol. The van der Waals surface area contributed by atoms with Gasteiger partial charge in [0, 0.05) is 3.57 Å². The van der Waals surface area contributed by atoms with Crippen LogP contribution in [0.1, 0.15) is 31.2 Å². The maximum Gasteiger partial charge on any atom is 0.119 e. The van der Waals surface area contributed by atoms with Gasteiger partial charge in [-0.3, -0.25) is 0 Å². The lowest BCUT2D eigenvalue weighted by Crippen LogP contribution is -2.03. The van der Waals surface area contributed by atoms with Crippen molar-refractivity contribution in [2.45, 2.75) is 32.1 Å². The highest BCUT2D eigenvalue weighted by Crippen LogP contribution is 2.18. The van der Waals surface area contributed by atoms with E-state index in [0.29, 0.717) is 5.92 Å². The van der Waals surface area contributed by atoms with E-state index >= 15 is 0 Å². The van der Waals surface area contributed by atoms with Crippen LogP contribution in [0.4, 0.5) is 0 Å². The molecule has 1 nitrogen and oxygen atoms in total. The molecule has 122 valence electrons. The summed E-state index contributed by atoms with van der Waals surface area (Å²) < 4.78 is 7.03. The van der Waals surface area contributed by atoms with Crippen LogP contribution >= 0.6 is 22.6 Å². The first-order valence-electron chi connectivity index (χ1n) is 8.33. The minimum absolute atomic E-state index is 0.596. The summed E-state index contributed by atoms with van der Waals surface area (Å²) in [7, 11) is 0. The summed E-state index contributed by atoms with van der Waals surface area (Å²) in [6.07, 6.45) is 7.93. The van der Waals surface area contributed by atoms with Crippen molar-refractivity contribution in [1.29, 1.82) is 0 Å². The second kappa shape index (κ2) is 10.5. The van der Waals surface area contributed by atoms with Crippen LogP contribution in [0.15, 0.2) is 67.3 Å². The zero-order chi connectivity index (χ0) is 16.3. The molecule has 0 heterocycles. The highest BCUT2D eigenvalue weighted by molar-refractivity contribution is 14.1. The Morgan fingerprint density at radius 3 is 2.35 bits per heavy atom. The number of rotatable bonds is 10. The molecule has 2 aromatic rings. The number of hydrogen-bond acceptors (Lipinski definition) is 1. The standard InChI is InChI=1S/C21H25IO/c1-2-18(10-6-11-19-8-4-3-5-9-19)12-7-17-23-21-15-13-20(22)14-16-21/h2-5,8-9,13-16,18H,1,6-7,10-12,17H2. The van der Waals surface area contributed by atoms with E-state index in [2.05, 4.69) is 77.7 Å². The molecule has 0 bridgehead atoms. The maximum atomic E-state index is 5.79. The largest absolute Gasteiger partial charge is 0.494 e. The summed E-state index contributed by atoms with van der Waals surface area (Å²) in [4.78, 5) is 0. The van der Waals surface area contributed by atoms with Crippen LogP contribution in [0.25, 0.3) is 0 Å². The predicted molar refractivity (Wildman–Crippen MR) is 107 cm³/mol. The molecule has 0 fully saturated rings.